The number of methoxy groups -OCH3 is 1. The molecule has 0 spiro atoms. The molecule has 1 aliphatic rings. The van der Waals surface area contributed by atoms with Crippen LogP contribution in [0.2, 0.25) is 5.02 Å². The van der Waals surface area contributed by atoms with Gasteiger partial charge in [-0.3, -0.25) is 4.79 Å². The number of carbonyl (C=O) groups is 1. The molecule has 1 N–H and O–H groups in total. The zero-order valence-corrected chi connectivity index (χ0v) is 17.3. The Morgan fingerprint density at radius 2 is 2.07 bits per heavy atom. The highest BCUT2D eigenvalue weighted by Crippen LogP contribution is 2.30. The Bertz CT molecular complexity index is 1060. The second kappa shape index (κ2) is 8.54. The second-order valence-corrected chi connectivity index (χ2v) is 7.25. The van der Waals surface area contributed by atoms with E-state index in [0.29, 0.717) is 34.6 Å². The Morgan fingerprint density at radius 3 is 2.83 bits per heavy atom. The monoisotopic (exact) mass is 425 g/mol. The van der Waals surface area contributed by atoms with Crippen molar-refractivity contribution in [1.82, 2.24) is 20.3 Å². The van der Waals surface area contributed by atoms with Gasteiger partial charge in [-0.25, -0.2) is 15.0 Å². The molecule has 8 nitrogen and oxygen atoms in total. The Hall–Kier alpha value is -3.39. The lowest BCUT2D eigenvalue weighted by atomic mass is 10.1. The van der Waals surface area contributed by atoms with Crippen LogP contribution in [0, 0.1) is 0 Å². The smallest absolute Gasteiger partial charge is 0.289 e. The van der Waals surface area contributed by atoms with Crippen LogP contribution in [0.3, 0.4) is 0 Å². The fraction of sp³-hybridized carbons (Fsp3) is 0.238. The third-order valence-electron chi connectivity index (χ3n) is 4.66. The molecule has 4 rings (SSSR count). The number of halogens is 1. The quantitative estimate of drug-likeness (QED) is 0.687. The fourth-order valence-electron chi connectivity index (χ4n) is 3.24. The number of nitrogens with zero attached hydrogens (tertiary/aromatic N) is 4. The lowest BCUT2D eigenvalue weighted by molar-refractivity contribution is 0.0914. The molecule has 0 saturated heterocycles. The van der Waals surface area contributed by atoms with Crippen molar-refractivity contribution in [2.45, 2.75) is 6.04 Å². The maximum absolute atomic E-state index is 12.9. The number of anilines is 1. The van der Waals surface area contributed by atoms with Crippen molar-refractivity contribution >= 4 is 23.3 Å². The molecule has 0 bridgehead atoms. The highest BCUT2D eigenvalue weighted by Gasteiger charge is 2.25. The maximum atomic E-state index is 12.9. The van der Waals surface area contributed by atoms with Crippen molar-refractivity contribution in [2.24, 2.45) is 0 Å². The summed E-state index contributed by atoms with van der Waals surface area (Å²) in [5, 5.41) is 3.43. The zero-order chi connectivity index (χ0) is 21.1. The third-order valence-corrected chi connectivity index (χ3v) is 4.86. The molecule has 1 atom stereocenters. The molecule has 154 valence electrons. The highest BCUT2D eigenvalue weighted by molar-refractivity contribution is 6.30. The molecule has 3 heterocycles. The van der Waals surface area contributed by atoms with Gasteiger partial charge in [-0.05, 0) is 0 Å². The largest absolute Gasteiger partial charge is 0.493 e. The number of likely N-dealkylation sites (N-methyl/N-ethyl adjacent to an activating group) is 1. The molecular weight excluding hydrogens is 406 g/mol. The second-order valence-electron chi connectivity index (χ2n) is 6.81. The number of hydrogen-bond acceptors (Lipinski definition) is 7. The molecule has 0 aliphatic carbocycles. The lowest BCUT2D eigenvalue weighted by Gasteiger charge is -2.21. The van der Waals surface area contributed by atoms with E-state index in [1.165, 1.54) is 6.20 Å². The van der Waals surface area contributed by atoms with Crippen LogP contribution in [-0.4, -0.2) is 54.2 Å². The molecular formula is C21H20ClN5O3. The highest BCUT2D eigenvalue weighted by atomic mass is 35.5. The first-order chi connectivity index (χ1) is 14.5. The molecule has 1 amide bonds. The molecule has 0 fully saturated rings. The molecule has 0 saturated carbocycles. The summed E-state index contributed by atoms with van der Waals surface area (Å²) in [6.45, 7) is 0.780. The van der Waals surface area contributed by atoms with Crippen LogP contribution in [0.4, 0.5) is 5.82 Å². The minimum absolute atomic E-state index is 0.0558. The van der Waals surface area contributed by atoms with E-state index in [1.807, 2.05) is 42.3 Å². The van der Waals surface area contributed by atoms with E-state index in [1.54, 1.807) is 19.4 Å². The first-order valence-electron chi connectivity index (χ1n) is 9.32. The van der Waals surface area contributed by atoms with E-state index in [2.05, 4.69) is 20.3 Å². The van der Waals surface area contributed by atoms with E-state index in [9.17, 15) is 4.79 Å². The van der Waals surface area contributed by atoms with Crippen LogP contribution in [0.25, 0.3) is 11.3 Å². The van der Waals surface area contributed by atoms with Crippen molar-refractivity contribution in [1.29, 1.82) is 0 Å². The van der Waals surface area contributed by atoms with E-state index in [0.717, 1.165) is 5.56 Å². The number of amides is 1. The summed E-state index contributed by atoms with van der Waals surface area (Å²) in [6.07, 6.45) is 3.07. The Balaban J connectivity index is 1.53. The topological polar surface area (TPSA) is 89.5 Å². The summed E-state index contributed by atoms with van der Waals surface area (Å²) in [7, 11) is 3.42. The first-order valence-corrected chi connectivity index (χ1v) is 9.69. The van der Waals surface area contributed by atoms with Gasteiger partial charge in [-0.2, -0.15) is 0 Å². The van der Waals surface area contributed by atoms with Crippen LogP contribution in [-0.2, 0) is 0 Å². The zero-order valence-electron chi connectivity index (χ0n) is 16.5. The predicted octanol–water partition coefficient (Wildman–Crippen LogP) is 2.83. The van der Waals surface area contributed by atoms with Gasteiger partial charge >= 0.3 is 0 Å². The molecule has 1 unspecified atom stereocenters. The van der Waals surface area contributed by atoms with Crippen LogP contribution >= 0.6 is 11.6 Å². The first kappa shape index (κ1) is 19.9. The standard InChI is InChI=1S/C21H20ClN5O3/c1-27-11-15(12-30-16-8-14(22)9-24-20(16)27)25-21(28)19-23-10-17(29-2)18(26-19)13-6-4-3-5-7-13/h3-10,15H,11-12H2,1-2H3,(H,25,28). The Kier molecular flexibility index (Phi) is 5.67. The maximum Gasteiger partial charge on any atom is 0.289 e. The van der Waals surface area contributed by atoms with Crippen molar-refractivity contribution < 1.29 is 14.3 Å². The van der Waals surface area contributed by atoms with Gasteiger partial charge in [0.05, 0.1) is 24.4 Å². The van der Waals surface area contributed by atoms with Crippen molar-refractivity contribution in [3.05, 3.63) is 59.6 Å². The van der Waals surface area contributed by atoms with Gasteiger partial charge in [0.15, 0.2) is 17.3 Å². The number of hydrogen-bond donors (Lipinski definition) is 1. The van der Waals surface area contributed by atoms with Crippen LogP contribution in [0.15, 0.2) is 48.8 Å². The molecule has 0 radical (unpaired) electrons. The summed E-state index contributed by atoms with van der Waals surface area (Å²) >= 11 is 6.01. The number of ether oxygens (including phenoxy) is 2. The van der Waals surface area contributed by atoms with E-state index in [4.69, 9.17) is 21.1 Å². The average molecular weight is 426 g/mol. The van der Waals surface area contributed by atoms with Crippen molar-refractivity contribution in [2.75, 3.05) is 32.2 Å². The minimum Gasteiger partial charge on any atom is -0.493 e. The van der Waals surface area contributed by atoms with Gasteiger partial charge < -0.3 is 19.7 Å². The molecule has 30 heavy (non-hydrogen) atoms. The van der Waals surface area contributed by atoms with Gasteiger partial charge in [0, 0.05) is 31.4 Å². The summed E-state index contributed by atoms with van der Waals surface area (Å²) in [4.78, 5) is 27.7. The number of fused-ring (bicyclic) bond motifs is 1. The van der Waals surface area contributed by atoms with Crippen LogP contribution < -0.4 is 19.7 Å². The minimum atomic E-state index is -0.395. The van der Waals surface area contributed by atoms with Gasteiger partial charge in [0.25, 0.3) is 5.91 Å². The normalized spacial score (nSPS) is 15.6. The number of rotatable bonds is 4. The summed E-state index contributed by atoms with van der Waals surface area (Å²) < 4.78 is 11.2. The molecule has 9 heteroatoms. The lowest BCUT2D eigenvalue weighted by Crippen LogP contribution is -2.45. The van der Waals surface area contributed by atoms with E-state index < -0.39 is 5.91 Å². The number of carbonyl (C=O) groups excluding carboxylic acids is 1. The summed E-state index contributed by atoms with van der Waals surface area (Å²) in [5.74, 6) is 1.40. The van der Waals surface area contributed by atoms with Gasteiger partial charge in [0.2, 0.25) is 5.82 Å². The van der Waals surface area contributed by atoms with Gasteiger partial charge in [-0.1, -0.05) is 41.9 Å². The van der Waals surface area contributed by atoms with Gasteiger partial charge in [-0.15, -0.1) is 0 Å². The van der Waals surface area contributed by atoms with Crippen molar-refractivity contribution in [3.8, 4) is 22.8 Å². The predicted molar refractivity (Wildman–Crippen MR) is 113 cm³/mol. The number of benzene rings is 1. The number of pyridine rings is 1. The van der Waals surface area contributed by atoms with Crippen LogP contribution in [0.5, 0.6) is 11.5 Å². The Labute approximate surface area is 178 Å². The third kappa shape index (κ3) is 4.13. The molecule has 3 aromatic rings. The SMILES string of the molecule is COc1cnc(C(=O)NC2COc3cc(Cl)cnc3N(C)C2)nc1-c1ccccc1. The van der Waals surface area contributed by atoms with E-state index >= 15 is 0 Å². The number of nitrogens with one attached hydrogen (secondary N) is 1. The summed E-state index contributed by atoms with van der Waals surface area (Å²) in [6, 6.07) is 10.9. The molecule has 2 aromatic heterocycles. The fourth-order valence-corrected chi connectivity index (χ4v) is 3.38. The average Bonchev–Trinajstić information content (AvgIpc) is 2.92. The number of aromatic nitrogens is 3. The Morgan fingerprint density at radius 1 is 1.27 bits per heavy atom. The van der Waals surface area contributed by atoms with Crippen molar-refractivity contribution in [3.63, 3.8) is 0 Å². The van der Waals surface area contributed by atoms with E-state index in [-0.39, 0.29) is 18.5 Å². The molecule has 1 aromatic carbocycles. The van der Waals surface area contributed by atoms with Crippen LogP contribution in [0.1, 0.15) is 10.6 Å². The van der Waals surface area contributed by atoms with Gasteiger partial charge in [0.1, 0.15) is 12.3 Å². The summed E-state index contributed by atoms with van der Waals surface area (Å²) in [5.41, 5.74) is 1.39. The molecule has 1 aliphatic heterocycles.